The number of ether oxygens (including phenoxy) is 1. The first-order chi connectivity index (χ1) is 16.0. The molecule has 1 unspecified atom stereocenters. The number of carboxylic acid groups (broad SMARTS) is 1. The number of benzene rings is 3. The zero-order valence-corrected chi connectivity index (χ0v) is 19.3. The minimum atomic E-state index is -1.01. The normalized spacial score (nSPS) is 12.7. The summed E-state index contributed by atoms with van der Waals surface area (Å²) < 4.78 is 5.19. The van der Waals surface area contributed by atoms with Crippen molar-refractivity contribution in [3.05, 3.63) is 95.0 Å². The van der Waals surface area contributed by atoms with Crippen molar-refractivity contribution in [1.82, 2.24) is 5.32 Å². The second-order valence-electron chi connectivity index (χ2n) is 7.80. The summed E-state index contributed by atoms with van der Waals surface area (Å²) in [7, 11) is 0. The summed E-state index contributed by atoms with van der Waals surface area (Å²) in [5, 5.41) is 13.5. The van der Waals surface area contributed by atoms with Crippen LogP contribution in [0.3, 0.4) is 0 Å². The van der Waals surface area contributed by atoms with Gasteiger partial charge in [-0.1, -0.05) is 78.3 Å². The zero-order valence-electron chi connectivity index (χ0n) is 18.5. The summed E-state index contributed by atoms with van der Waals surface area (Å²) >= 11 is 6.08. The Kier molecular flexibility index (Phi) is 9.04. The first-order valence-electron chi connectivity index (χ1n) is 11.0. The molecule has 0 radical (unpaired) electrons. The predicted octanol–water partition coefficient (Wildman–Crippen LogP) is 5.16. The van der Waals surface area contributed by atoms with E-state index in [0.717, 1.165) is 22.3 Å². The van der Waals surface area contributed by atoms with Gasteiger partial charge < -0.3 is 9.84 Å². The van der Waals surface area contributed by atoms with E-state index in [1.165, 1.54) is 0 Å². The van der Waals surface area contributed by atoms with Gasteiger partial charge in [0.05, 0.1) is 6.61 Å². The van der Waals surface area contributed by atoms with Crippen LogP contribution >= 0.6 is 11.6 Å². The molecule has 172 valence electrons. The number of carbonyl (C=O) groups excluding carboxylic acids is 1. The summed E-state index contributed by atoms with van der Waals surface area (Å²) in [4.78, 5) is 24.5. The fourth-order valence-corrected chi connectivity index (χ4v) is 3.86. The monoisotopic (exact) mass is 465 g/mol. The van der Waals surface area contributed by atoms with Gasteiger partial charge in [0.2, 0.25) is 0 Å². The molecule has 0 aliphatic carbocycles. The number of aliphatic carboxylic acids is 1. The average Bonchev–Trinajstić information content (AvgIpc) is 2.82. The Bertz CT molecular complexity index is 1050. The molecule has 6 heteroatoms. The van der Waals surface area contributed by atoms with Crippen LogP contribution in [-0.4, -0.2) is 35.7 Å². The Morgan fingerprint density at radius 2 is 1.64 bits per heavy atom. The number of carboxylic acids is 1. The molecule has 0 aliphatic heterocycles. The van der Waals surface area contributed by atoms with Gasteiger partial charge in [0.25, 0.3) is 0 Å². The standard InChI is InChI=1S/C27H28ClNO4/c1-2-33-27(32)24(16-13-19-7-4-3-5-8-19)29-25(26(30)31)17-20-11-14-21(15-12-20)22-9-6-10-23(28)18-22/h3-12,14-15,18,24-25,29H,2,13,16-17H2,1H3,(H,30,31)/t24-,25?/m0/s1. The molecule has 0 aliphatic rings. The number of hydrogen-bond acceptors (Lipinski definition) is 4. The molecule has 2 N–H and O–H groups in total. The summed E-state index contributed by atoms with van der Waals surface area (Å²) in [5.41, 5.74) is 3.92. The maximum absolute atomic E-state index is 12.5. The Morgan fingerprint density at radius 3 is 2.27 bits per heavy atom. The lowest BCUT2D eigenvalue weighted by Gasteiger charge is -2.22. The maximum Gasteiger partial charge on any atom is 0.323 e. The summed E-state index contributed by atoms with van der Waals surface area (Å²) in [6.45, 7) is 1.98. The van der Waals surface area contributed by atoms with Crippen molar-refractivity contribution in [2.45, 2.75) is 38.3 Å². The van der Waals surface area contributed by atoms with Crippen molar-refractivity contribution in [2.75, 3.05) is 6.61 Å². The van der Waals surface area contributed by atoms with E-state index in [9.17, 15) is 14.7 Å². The average molecular weight is 466 g/mol. The number of rotatable bonds is 11. The number of hydrogen-bond donors (Lipinski definition) is 2. The fourth-order valence-electron chi connectivity index (χ4n) is 3.67. The second kappa shape index (κ2) is 12.2. The Morgan fingerprint density at radius 1 is 0.909 bits per heavy atom. The minimum absolute atomic E-state index is 0.241. The van der Waals surface area contributed by atoms with Crippen molar-refractivity contribution in [2.24, 2.45) is 0 Å². The van der Waals surface area contributed by atoms with Crippen LogP contribution in [0, 0.1) is 0 Å². The smallest absolute Gasteiger partial charge is 0.323 e. The van der Waals surface area contributed by atoms with Crippen LogP contribution in [0.15, 0.2) is 78.9 Å². The second-order valence-corrected chi connectivity index (χ2v) is 8.23. The topological polar surface area (TPSA) is 75.6 Å². The predicted molar refractivity (Wildman–Crippen MR) is 130 cm³/mol. The van der Waals surface area contributed by atoms with Crippen LogP contribution in [0.4, 0.5) is 0 Å². The third-order valence-corrected chi connectivity index (χ3v) is 5.62. The van der Waals surface area contributed by atoms with Crippen LogP contribution < -0.4 is 5.32 Å². The molecule has 2 atom stereocenters. The highest BCUT2D eigenvalue weighted by Gasteiger charge is 2.27. The molecular formula is C27H28ClNO4. The lowest BCUT2D eigenvalue weighted by atomic mass is 9.99. The van der Waals surface area contributed by atoms with Gasteiger partial charge in [-0.15, -0.1) is 0 Å². The highest BCUT2D eigenvalue weighted by atomic mass is 35.5. The van der Waals surface area contributed by atoms with Crippen molar-refractivity contribution < 1.29 is 19.4 Å². The van der Waals surface area contributed by atoms with Gasteiger partial charge in [0.15, 0.2) is 0 Å². The molecule has 5 nitrogen and oxygen atoms in total. The highest BCUT2D eigenvalue weighted by molar-refractivity contribution is 6.30. The Labute approximate surface area is 199 Å². The largest absolute Gasteiger partial charge is 0.480 e. The number of nitrogens with one attached hydrogen (secondary N) is 1. The summed E-state index contributed by atoms with van der Waals surface area (Å²) in [5.74, 6) is -1.45. The molecule has 0 bridgehead atoms. The van der Waals surface area contributed by atoms with E-state index in [1.54, 1.807) is 6.92 Å². The molecule has 0 amide bonds. The van der Waals surface area contributed by atoms with Gasteiger partial charge >= 0.3 is 11.9 Å². The van der Waals surface area contributed by atoms with Crippen molar-refractivity contribution in [3.63, 3.8) is 0 Å². The minimum Gasteiger partial charge on any atom is -0.480 e. The van der Waals surface area contributed by atoms with Crippen molar-refractivity contribution in [3.8, 4) is 11.1 Å². The lowest BCUT2D eigenvalue weighted by Crippen LogP contribution is -2.49. The third-order valence-electron chi connectivity index (χ3n) is 5.39. The maximum atomic E-state index is 12.5. The molecule has 33 heavy (non-hydrogen) atoms. The SMILES string of the molecule is CCOC(=O)[C@H](CCc1ccccc1)NC(Cc1ccc(-c2cccc(Cl)c2)cc1)C(=O)O. The number of halogens is 1. The third kappa shape index (κ3) is 7.45. The molecule has 0 spiro atoms. The van der Waals surface area contributed by atoms with Crippen LogP contribution in [0.5, 0.6) is 0 Å². The molecular weight excluding hydrogens is 438 g/mol. The van der Waals surface area contributed by atoms with Gasteiger partial charge in [-0.25, -0.2) is 0 Å². The molecule has 0 saturated carbocycles. The highest BCUT2D eigenvalue weighted by Crippen LogP contribution is 2.23. The quantitative estimate of drug-likeness (QED) is 0.383. The fraction of sp³-hybridized carbons (Fsp3) is 0.259. The molecule has 0 fully saturated rings. The molecule has 0 heterocycles. The number of aryl methyl sites for hydroxylation is 1. The van der Waals surface area contributed by atoms with Gasteiger partial charge in [0.1, 0.15) is 12.1 Å². The molecule has 3 rings (SSSR count). The van der Waals surface area contributed by atoms with E-state index in [2.05, 4.69) is 5.32 Å². The lowest BCUT2D eigenvalue weighted by molar-refractivity contribution is -0.147. The Hall–Kier alpha value is -3.15. The van der Waals surface area contributed by atoms with Gasteiger partial charge in [-0.3, -0.25) is 14.9 Å². The molecule has 0 aromatic heterocycles. The van der Waals surface area contributed by atoms with E-state index in [0.29, 0.717) is 17.9 Å². The number of esters is 1. The van der Waals surface area contributed by atoms with Gasteiger partial charge in [0, 0.05) is 5.02 Å². The van der Waals surface area contributed by atoms with Crippen LogP contribution in [-0.2, 0) is 27.2 Å². The van der Waals surface area contributed by atoms with E-state index in [1.807, 2.05) is 78.9 Å². The van der Waals surface area contributed by atoms with Crippen molar-refractivity contribution >= 4 is 23.5 Å². The van der Waals surface area contributed by atoms with Gasteiger partial charge in [-0.2, -0.15) is 0 Å². The van der Waals surface area contributed by atoms with E-state index >= 15 is 0 Å². The van der Waals surface area contributed by atoms with E-state index in [4.69, 9.17) is 16.3 Å². The number of carbonyl (C=O) groups is 2. The summed E-state index contributed by atoms with van der Waals surface area (Å²) in [6.07, 6.45) is 1.32. The summed E-state index contributed by atoms with van der Waals surface area (Å²) in [6, 6.07) is 23.4. The zero-order chi connectivity index (χ0) is 23.6. The molecule has 0 saturated heterocycles. The van der Waals surface area contributed by atoms with Gasteiger partial charge in [-0.05, 0) is 60.6 Å². The van der Waals surface area contributed by atoms with Crippen LogP contribution in [0.2, 0.25) is 5.02 Å². The molecule has 3 aromatic rings. The van der Waals surface area contributed by atoms with E-state index in [-0.39, 0.29) is 13.0 Å². The molecule has 3 aromatic carbocycles. The van der Waals surface area contributed by atoms with Crippen LogP contribution in [0.1, 0.15) is 24.5 Å². The first-order valence-corrected chi connectivity index (χ1v) is 11.4. The van der Waals surface area contributed by atoms with E-state index < -0.39 is 24.0 Å². The van der Waals surface area contributed by atoms with Crippen LogP contribution in [0.25, 0.3) is 11.1 Å². The first kappa shape index (κ1) is 24.5. The Balaban J connectivity index is 1.70. The van der Waals surface area contributed by atoms with Crippen molar-refractivity contribution in [1.29, 1.82) is 0 Å².